The lowest BCUT2D eigenvalue weighted by Gasteiger charge is -2.13. The molecule has 2 aliphatic rings. The Labute approximate surface area is 143 Å². The van der Waals surface area contributed by atoms with Gasteiger partial charge in [-0.3, -0.25) is 9.59 Å². The van der Waals surface area contributed by atoms with Gasteiger partial charge in [-0.1, -0.05) is 0 Å². The Kier molecular flexibility index (Phi) is 5.47. The van der Waals surface area contributed by atoms with Crippen LogP contribution in [0.15, 0.2) is 47.8 Å². The maximum absolute atomic E-state index is 11.8. The molecule has 0 atom stereocenters. The van der Waals surface area contributed by atoms with Crippen LogP contribution in [0.4, 0.5) is 11.4 Å². The molecule has 0 amide bonds. The standard InChI is InChI=1S/C20H24N2O2/c23-19-7-3-1-5-15(19)13-21-17-9-11-18(12-10-17)22-14-16-6-2-4-8-20(16)24/h9-14,21-22H,1-8H2. The average molecular weight is 324 g/mol. The third-order valence-electron chi connectivity index (χ3n) is 4.63. The molecule has 0 spiro atoms. The zero-order chi connectivity index (χ0) is 16.8. The van der Waals surface area contributed by atoms with Crippen molar-refractivity contribution in [3.63, 3.8) is 0 Å². The van der Waals surface area contributed by atoms with Crippen LogP contribution in [0.1, 0.15) is 51.4 Å². The molecule has 1 aromatic carbocycles. The molecule has 4 nitrogen and oxygen atoms in total. The van der Waals surface area contributed by atoms with E-state index in [4.69, 9.17) is 0 Å². The SMILES string of the molecule is O=C1CCCCC1=CNc1ccc(NC=C2CCCCC2=O)cc1. The van der Waals surface area contributed by atoms with Crippen LogP contribution in [0.2, 0.25) is 0 Å². The summed E-state index contributed by atoms with van der Waals surface area (Å²) in [5.41, 5.74) is 3.69. The zero-order valence-electron chi connectivity index (χ0n) is 13.9. The molecule has 0 aromatic heterocycles. The highest BCUT2D eigenvalue weighted by Gasteiger charge is 2.15. The van der Waals surface area contributed by atoms with E-state index in [9.17, 15) is 9.59 Å². The highest BCUT2D eigenvalue weighted by atomic mass is 16.1. The van der Waals surface area contributed by atoms with Crippen LogP contribution in [0.3, 0.4) is 0 Å². The van der Waals surface area contributed by atoms with Crippen molar-refractivity contribution in [1.29, 1.82) is 0 Å². The second-order valence-corrected chi connectivity index (χ2v) is 6.47. The summed E-state index contributed by atoms with van der Waals surface area (Å²) in [5, 5.41) is 6.41. The summed E-state index contributed by atoms with van der Waals surface area (Å²) in [6.45, 7) is 0. The van der Waals surface area contributed by atoms with Gasteiger partial charge < -0.3 is 10.6 Å². The molecule has 24 heavy (non-hydrogen) atoms. The van der Waals surface area contributed by atoms with Gasteiger partial charge in [-0.05, 0) is 62.8 Å². The lowest BCUT2D eigenvalue weighted by atomic mass is 9.94. The van der Waals surface area contributed by atoms with Gasteiger partial charge in [0.15, 0.2) is 11.6 Å². The van der Waals surface area contributed by atoms with Crippen LogP contribution >= 0.6 is 0 Å². The van der Waals surface area contributed by atoms with Crippen LogP contribution < -0.4 is 10.6 Å². The number of carbonyl (C=O) groups is 2. The Morgan fingerprint density at radius 3 is 1.38 bits per heavy atom. The van der Waals surface area contributed by atoms with Gasteiger partial charge in [0.1, 0.15) is 0 Å². The molecule has 0 saturated heterocycles. The quantitative estimate of drug-likeness (QED) is 0.797. The van der Waals surface area contributed by atoms with E-state index in [-0.39, 0.29) is 11.6 Å². The lowest BCUT2D eigenvalue weighted by Crippen LogP contribution is -2.10. The van der Waals surface area contributed by atoms with E-state index in [2.05, 4.69) is 10.6 Å². The summed E-state index contributed by atoms with van der Waals surface area (Å²) in [7, 11) is 0. The molecule has 2 fully saturated rings. The molecule has 1 aromatic rings. The predicted octanol–water partition coefficient (Wildman–Crippen LogP) is 4.56. The minimum Gasteiger partial charge on any atom is -0.361 e. The zero-order valence-corrected chi connectivity index (χ0v) is 13.9. The topological polar surface area (TPSA) is 58.2 Å². The largest absolute Gasteiger partial charge is 0.361 e. The summed E-state index contributed by atoms with van der Waals surface area (Å²) in [6.07, 6.45) is 11.0. The number of anilines is 2. The van der Waals surface area contributed by atoms with Crippen LogP contribution in [-0.4, -0.2) is 11.6 Å². The van der Waals surface area contributed by atoms with Gasteiger partial charge >= 0.3 is 0 Å². The third kappa shape index (κ3) is 4.34. The first-order valence-electron chi connectivity index (χ1n) is 8.80. The molecule has 0 aliphatic heterocycles. The van der Waals surface area contributed by atoms with Gasteiger partial charge in [0, 0.05) is 47.8 Å². The van der Waals surface area contributed by atoms with E-state index >= 15 is 0 Å². The number of Topliss-reactive ketones (excluding diaryl/α,β-unsaturated/α-hetero) is 2. The van der Waals surface area contributed by atoms with Crippen molar-refractivity contribution in [3.05, 3.63) is 47.8 Å². The molecule has 0 unspecified atom stereocenters. The molecule has 0 bridgehead atoms. The molecular weight excluding hydrogens is 300 g/mol. The van der Waals surface area contributed by atoms with Crippen LogP contribution in [-0.2, 0) is 9.59 Å². The van der Waals surface area contributed by atoms with E-state index in [1.54, 1.807) is 0 Å². The van der Waals surface area contributed by atoms with E-state index in [1.165, 1.54) is 0 Å². The molecule has 3 rings (SSSR count). The summed E-state index contributed by atoms with van der Waals surface area (Å²) in [6, 6.07) is 7.86. The van der Waals surface area contributed by atoms with Gasteiger partial charge in [-0.25, -0.2) is 0 Å². The Balaban J connectivity index is 1.57. The Morgan fingerprint density at radius 2 is 1.00 bits per heavy atom. The first-order chi connectivity index (χ1) is 11.7. The number of hydrogen-bond acceptors (Lipinski definition) is 4. The van der Waals surface area contributed by atoms with Crippen molar-refractivity contribution in [2.75, 3.05) is 10.6 Å². The molecule has 2 aliphatic carbocycles. The Morgan fingerprint density at radius 1 is 0.625 bits per heavy atom. The Hall–Kier alpha value is -2.36. The second-order valence-electron chi connectivity index (χ2n) is 6.47. The van der Waals surface area contributed by atoms with Crippen LogP contribution in [0, 0.1) is 0 Å². The molecule has 4 heteroatoms. The average Bonchev–Trinajstić information content (AvgIpc) is 2.61. The summed E-state index contributed by atoms with van der Waals surface area (Å²) in [4.78, 5) is 23.6. The van der Waals surface area contributed by atoms with Gasteiger partial charge in [-0.2, -0.15) is 0 Å². The van der Waals surface area contributed by atoms with E-state index in [0.717, 1.165) is 61.0 Å². The monoisotopic (exact) mass is 324 g/mol. The normalized spacial score (nSPS) is 22.0. The number of nitrogens with one attached hydrogen (secondary N) is 2. The van der Waals surface area contributed by atoms with E-state index in [0.29, 0.717) is 12.8 Å². The predicted molar refractivity (Wildman–Crippen MR) is 96.8 cm³/mol. The fourth-order valence-corrected chi connectivity index (χ4v) is 3.11. The molecule has 0 radical (unpaired) electrons. The second kappa shape index (κ2) is 7.95. The van der Waals surface area contributed by atoms with Crippen molar-refractivity contribution >= 4 is 22.9 Å². The first-order valence-corrected chi connectivity index (χ1v) is 8.80. The highest BCUT2D eigenvalue weighted by molar-refractivity contribution is 5.96. The third-order valence-corrected chi connectivity index (χ3v) is 4.63. The molecule has 0 heterocycles. The molecule has 126 valence electrons. The minimum atomic E-state index is 0.260. The van der Waals surface area contributed by atoms with Gasteiger partial charge in [-0.15, -0.1) is 0 Å². The smallest absolute Gasteiger partial charge is 0.160 e. The summed E-state index contributed by atoms with van der Waals surface area (Å²) in [5.74, 6) is 0.520. The van der Waals surface area contributed by atoms with Crippen LogP contribution in [0.25, 0.3) is 0 Å². The number of allylic oxidation sites excluding steroid dienone is 2. The number of benzene rings is 1. The van der Waals surface area contributed by atoms with Gasteiger partial charge in [0.25, 0.3) is 0 Å². The molecule has 2 saturated carbocycles. The van der Waals surface area contributed by atoms with Crippen molar-refractivity contribution < 1.29 is 9.59 Å². The van der Waals surface area contributed by atoms with Crippen molar-refractivity contribution in [1.82, 2.24) is 0 Å². The fourth-order valence-electron chi connectivity index (χ4n) is 3.11. The van der Waals surface area contributed by atoms with Crippen LogP contribution in [0.5, 0.6) is 0 Å². The number of ketones is 2. The summed E-state index contributed by atoms with van der Waals surface area (Å²) < 4.78 is 0. The lowest BCUT2D eigenvalue weighted by molar-refractivity contribution is -0.117. The summed E-state index contributed by atoms with van der Waals surface area (Å²) >= 11 is 0. The molecule has 2 N–H and O–H groups in total. The van der Waals surface area contributed by atoms with E-state index < -0.39 is 0 Å². The number of rotatable bonds is 4. The Bertz CT molecular complexity index is 612. The number of hydrogen-bond donors (Lipinski definition) is 2. The van der Waals surface area contributed by atoms with Crippen molar-refractivity contribution in [3.8, 4) is 0 Å². The van der Waals surface area contributed by atoms with Gasteiger partial charge in [0.2, 0.25) is 0 Å². The van der Waals surface area contributed by atoms with Crippen molar-refractivity contribution in [2.45, 2.75) is 51.4 Å². The maximum Gasteiger partial charge on any atom is 0.160 e. The minimum absolute atomic E-state index is 0.260. The van der Waals surface area contributed by atoms with Crippen molar-refractivity contribution in [2.24, 2.45) is 0 Å². The first kappa shape index (κ1) is 16.5. The molecular formula is C20H24N2O2. The van der Waals surface area contributed by atoms with E-state index in [1.807, 2.05) is 36.7 Å². The van der Waals surface area contributed by atoms with Gasteiger partial charge in [0.05, 0.1) is 0 Å². The maximum atomic E-state index is 11.8. The highest BCUT2D eigenvalue weighted by Crippen LogP contribution is 2.22. The fraction of sp³-hybridized carbons (Fsp3) is 0.400. The number of carbonyl (C=O) groups excluding carboxylic acids is 2.